The number of hydrogen-bond acceptors (Lipinski definition) is 5. The van der Waals surface area contributed by atoms with Gasteiger partial charge in [0.2, 0.25) is 0 Å². The highest BCUT2D eigenvalue weighted by Gasteiger charge is 2.07. The maximum absolute atomic E-state index is 5.31. The van der Waals surface area contributed by atoms with Gasteiger partial charge in [0.1, 0.15) is 11.6 Å². The summed E-state index contributed by atoms with van der Waals surface area (Å²) >= 11 is 0. The summed E-state index contributed by atoms with van der Waals surface area (Å²) in [7, 11) is 5.10. The zero-order valence-electron chi connectivity index (χ0n) is 12.2. The van der Waals surface area contributed by atoms with Crippen LogP contribution in [0, 0.1) is 6.92 Å². The summed E-state index contributed by atoms with van der Waals surface area (Å²) in [5.41, 5.74) is 2.02. The lowest BCUT2D eigenvalue weighted by atomic mass is 10.1. The Hall–Kier alpha value is -2.30. The van der Waals surface area contributed by atoms with E-state index in [0.29, 0.717) is 12.2 Å². The molecule has 0 radical (unpaired) electrons. The fraction of sp³-hybridized carbons (Fsp3) is 0.333. The largest absolute Gasteiger partial charge is 0.493 e. The van der Waals surface area contributed by atoms with Crippen LogP contribution in [0.15, 0.2) is 24.3 Å². The van der Waals surface area contributed by atoms with Crippen molar-refractivity contribution in [2.45, 2.75) is 13.3 Å². The minimum absolute atomic E-state index is 0.650. The number of methoxy groups -OCH3 is 2. The Kier molecular flexibility index (Phi) is 4.40. The molecule has 1 N–H and O–H groups in total. The maximum atomic E-state index is 5.31. The van der Waals surface area contributed by atoms with Crippen LogP contribution in [0.3, 0.4) is 0 Å². The molecule has 0 saturated carbocycles. The van der Waals surface area contributed by atoms with E-state index in [2.05, 4.69) is 15.3 Å². The second kappa shape index (κ2) is 6.23. The molecule has 2 aromatic rings. The number of nitrogens with one attached hydrogen (secondary N) is 1. The Labute approximate surface area is 119 Å². The van der Waals surface area contributed by atoms with E-state index in [0.717, 1.165) is 28.6 Å². The molecule has 5 nitrogen and oxygen atoms in total. The van der Waals surface area contributed by atoms with E-state index in [1.165, 1.54) is 0 Å². The average molecular weight is 273 g/mol. The number of anilines is 1. The summed E-state index contributed by atoms with van der Waals surface area (Å²) in [5.74, 6) is 3.04. The van der Waals surface area contributed by atoms with Crippen molar-refractivity contribution in [1.82, 2.24) is 9.97 Å². The highest BCUT2D eigenvalue weighted by molar-refractivity contribution is 5.44. The smallest absolute Gasteiger partial charge is 0.161 e. The van der Waals surface area contributed by atoms with E-state index in [9.17, 15) is 0 Å². The third-order valence-electron chi connectivity index (χ3n) is 2.97. The van der Waals surface area contributed by atoms with E-state index >= 15 is 0 Å². The molecule has 0 spiro atoms. The fourth-order valence-electron chi connectivity index (χ4n) is 2.01. The van der Waals surface area contributed by atoms with Crippen LogP contribution < -0.4 is 14.8 Å². The molecule has 0 saturated heterocycles. The Morgan fingerprint density at radius 3 is 2.45 bits per heavy atom. The van der Waals surface area contributed by atoms with E-state index in [4.69, 9.17) is 9.47 Å². The van der Waals surface area contributed by atoms with Crippen molar-refractivity contribution in [3.8, 4) is 11.5 Å². The van der Waals surface area contributed by atoms with Crippen LogP contribution in [-0.4, -0.2) is 31.2 Å². The first kappa shape index (κ1) is 14.1. The molecule has 0 aliphatic rings. The molecule has 1 aromatic carbocycles. The molecule has 0 atom stereocenters. The molecule has 20 heavy (non-hydrogen) atoms. The first-order valence-electron chi connectivity index (χ1n) is 6.39. The lowest BCUT2D eigenvalue weighted by Crippen LogP contribution is -2.03. The third kappa shape index (κ3) is 3.17. The molecular weight excluding hydrogens is 254 g/mol. The van der Waals surface area contributed by atoms with E-state index in [1.54, 1.807) is 14.2 Å². The van der Waals surface area contributed by atoms with Crippen molar-refractivity contribution in [1.29, 1.82) is 0 Å². The van der Waals surface area contributed by atoms with Crippen molar-refractivity contribution in [2.24, 2.45) is 0 Å². The number of benzene rings is 1. The van der Waals surface area contributed by atoms with E-state index in [1.807, 2.05) is 38.2 Å². The summed E-state index contributed by atoms with van der Waals surface area (Å²) in [6.45, 7) is 1.96. The van der Waals surface area contributed by atoms with Crippen molar-refractivity contribution in [3.05, 3.63) is 41.3 Å². The van der Waals surface area contributed by atoms with Crippen LogP contribution in [0.4, 0.5) is 5.82 Å². The second-order valence-electron chi connectivity index (χ2n) is 4.43. The lowest BCUT2D eigenvalue weighted by molar-refractivity contribution is 0.354. The van der Waals surface area contributed by atoms with Crippen molar-refractivity contribution < 1.29 is 9.47 Å². The maximum Gasteiger partial charge on any atom is 0.161 e. The highest BCUT2D eigenvalue weighted by atomic mass is 16.5. The van der Waals surface area contributed by atoms with Crippen molar-refractivity contribution in [3.63, 3.8) is 0 Å². The molecule has 1 heterocycles. The Balaban J connectivity index is 2.27. The summed E-state index contributed by atoms with van der Waals surface area (Å²) < 4.78 is 10.5. The van der Waals surface area contributed by atoms with Crippen LogP contribution in [0.5, 0.6) is 11.5 Å². The molecule has 0 unspecified atom stereocenters. The predicted octanol–water partition coefficient (Wildman–Crippen LogP) is 2.43. The van der Waals surface area contributed by atoms with Gasteiger partial charge in [-0.3, -0.25) is 0 Å². The minimum Gasteiger partial charge on any atom is -0.493 e. The molecule has 5 heteroatoms. The van der Waals surface area contributed by atoms with Gasteiger partial charge in [-0.2, -0.15) is 0 Å². The van der Waals surface area contributed by atoms with Crippen LogP contribution in [0.25, 0.3) is 0 Å². The summed E-state index contributed by atoms with van der Waals surface area (Å²) in [6, 6.07) is 7.75. The lowest BCUT2D eigenvalue weighted by Gasteiger charge is -2.10. The quantitative estimate of drug-likeness (QED) is 0.906. The Morgan fingerprint density at radius 2 is 1.80 bits per heavy atom. The molecule has 1 aromatic heterocycles. The van der Waals surface area contributed by atoms with E-state index in [-0.39, 0.29) is 0 Å². The van der Waals surface area contributed by atoms with Gasteiger partial charge in [-0.1, -0.05) is 6.07 Å². The highest BCUT2D eigenvalue weighted by Crippen LogP contribution is 2.28. The van der Waals surface area contributed by atoms with Gasteiger partial charge in [0.05, 0.1) is 14.2 Å². The zero-order valence-corrected chi connectivity index (χ0v) is 12.2. The van der Waals surface area contributed by atoms with Gasteiger partial charge in [0.25, 0.3) is 0 Å². The van der Waals surface area contributed by atoms with Crippen LogP contribution in [0.1, 0.15) is 17.1 Å². The van der Waals surface area contributed by atoms with Gasteiger partial charge in [-0.05, 0) is 24.6 Å². The van der Waals surface area contributed by atoms with Gasteiger partial charge in [0.15, 0.2) is 11.5 Å². The number of hydrogen-bond donors (Lipinski definition) is 1. The standard InChI is InChI=1S/C15H19N3O2/c1-10-7-14(16-2)18-15(17-10)9-11-5-6-12(19-3)13(8-11)20-4/h5-8H,9H2,1-4H3,(H,16,17,18). The molecule has 0 bridgehead atoms. The third-order valence-corrected chi connectivity index (χ3v) is 2.97. The normalized spacial score (nSPS) is 10.2. The van der Waals surface area contributed by atoms with Crippen molar-refractivity contribution >= 4 is 5.82 Å². The molecule has 2 rings (SSSR count). The first-order chi connectivity index (χ1) is 9.66. The topological polar surface area (TPSA) is 56.3 Å². The molecule has 0 aliphatic heterocycles. The van der Waals surface area contributed by atoms with Gasteiger partial charge in [-0.25, -0.2) is 9.97 Å². The van der Waals surface area contributed by atoms with Crippen LogP contribution >= 0.6 is 0 Å². The number of rotatable bonds is 5. The molecular formula is C15H19N3O2. The van der Waals surface area contributed by atoms with Crippen molar-refractivity contribution in [2.75, 3.05) is 26.6 Å². The van der Waals surface area contributed by atoms with Crippen LogP contribution in [0.2, 0.25) is 0 Å². The molecule has 106 valence electrons. The Bertz CT molecular complexity index is 600. The number of aromatic nitrogens is 2. The summed E-state index contributed by atoms with van der Waals surface area (Å²) in [5, 5.41) is 3.04. The zero-order chi connectivity index (χ0) is 14.5. The van der Waals surface area contributed by atoms with Crippen LogP contribution in [-0.2, 0) is 6.42 Å². The van der Waals surface area contributed by atoms with Gasteiger partial charge in [0, 0.05) is 25.2 Å². The minimum atomic E-state index is 0.650. The average Bonchev–Trinajstić information content (AvgIpc) is 2.46. The summed E-state index contributed by atoms with van der Waals surface area (Å²) in [6.07, 6.45) is 0.650. The van der Waals surface area contributed by atoms with Gasteiger partial charge < -0.3 is 14.8 Å². The number of ether oxygens (including phenoxy) is 2. The van der Waals surface area contributed by atoms with E-state index < -0.39 is 0 Å². The SMILES string of the molecule is CNc1cc(C)nc(Cc2ccc(OC)c(OC)c2)n1. The molecule has 0 aliphatic carbocycles. The van der Waals surface area contributed by atoms with Gasteiger partial charge >= 0.3 is 0 Å². The molecule has 0 fully saturated rings. The number of nitrogens with zero attached hydrogens (tertiary/aromatic N) is 2. The second-order valence-corrected chi connectivity index (χ2v) is 4.43. The Morgan fingerprint density at radius 1 is 1.05 bits per heavy atom. The number of aryl methyl sites for hydroxylation is 1. The molecule has 0 amide bonds. The monoisotopic (exact) mass is 273 g/mol. The predicted molar refractivity (Wildman–Crippen MR) is 78.7 cm³/mol. The fourth-order valence-corrected chi connectivity index (χ4v) is 2.01. The summed E-state index contributed by atoms with van der Waals surface area (Å²) in [4.78, 5) is 8.90. The van der Waals surface area contributed by atoms with Gasteiger partial charge in [-0.15, -0.1) is 0 Å². The first-order valence-corrected chi connectivity index (χ1v) is 6.39.